The third-order valence-electron chi connectivity index (χ3n) is 3.65. The van der Waals surface area contributed by atoms with Gasteiger partial charge in [0.2, 0.25) is 0 Å². The lowest BCUT2D eigenvalue weighted by Crippen LogP contribution is -2.25. The van der Waals surface area contributed by atoms with Crippen molar-refractivity contribution in [2.45, 2.75) is 19.6 Å². The van der Waals surface area contributed by atoms with Crippen molar-refractivity contribution in [3.63, 3.8) is 0 Å². The highest BCUT2D eigenvalue weighted by Gasteiger charge is 2.18. The molecule has 0 unspecified atom stereocenters. The van der Waals surface area contributed by atoms with Gasteiger partial charge in [0.1, 0.15) is 4.88 Å². The first-order valence-corrected chi connectivity index (χ1v) is 7.60. The Morgan fingerprint density at radius 3 is 2.90 bits per heavy atom. The molecule has 110 valence electrons. The molecule has 21 heavy (non-hydrogen) atoms. The summed E-state index contributed by atoms with van der Waals surface area (Å²) in [6.45, 7) is 2.57. The molecule has 0 fully saturated rings. The van der Waals surface area contributed by atoms with Crippen molar-refractivity contribution in [3.8, 4) is 0 Å². The Hall–Kier alpha value is -1.92. The van der Waals surface area contributed by atoms with Crippen LogP contribution in [0, 0.1) is 0 Å². The number of nitrogens with zero attached hydrogens (tertiary/aromatic N) is 3. The van der Waals surface area contributed by atoms with Gasteiger partial charge in [0, 0.05) is 26.7 Å². The molecule has 1 aromatic heterocycles. The molecule has 2 N–H and O–H groups in total. The van der Waals surface area contributed by atoms with Crippen molar-refractivity contribution < 1.29 is 4.79 Å². The van der Waals surface area contributed by atoms with Crippen LogP contribution in [0.25, 0.3) is 0 Å². The number of nitrogens with two attached hydrogens (primary N) is 1. The monoisotopic (exact) mass is 302 g/mol. The SMILES string of the molecule is CN1Cc2ccc(CN(C)C(=O)c3cnc(N)s3)cc2C1. The van der Waals surface area contributed by atoms with E-state index in [9.17, 15) is 4.79 Å². The van der Waals surface area contributed by atoms with E-state index in [1.807, 2.05) is 0 Å². The molecule has 6 heteroatoms. The Morgan fingerprint density at radius 1 is 1.43 bits per heavy atom. The number of rotatable bonds is 3. The Bertz CT molecular complexity index is 682. The van der Waals surface area contributed by atoms with Crippen LogP contribution in [0.4, 0.5) is 5.13 Å². The van der Waals surface area contributed by atoms with E-state index in [2.05, 4.69) is 35.1 Å². The standard InChI is InChI=1S/C15H18N4OS/c1-18-8-11-4-3-10(5-12(11)9-18)7-19(2)14(20)13-6-17-15(16)21-13/h3-6H,7-9H2,1-2H3,(H2,16,17). The molecule has 1 aliphatic heterocycles. The van der Waals surface area contributed by atoms with Gasteiger partial charge >= 0.3 is 0 Å². The number of hydrogen-bond acceptors (Lipinski definition) is 5. The van der Waals surface area contributed by atoms with Gasteiger partial charge in [0.15, 0.2) is 5.13 Å². The number of anilines is 1. The molecule has 2 heterocycles. The summed E-state index contributed by atoms with van der Waals surface area (Å²) in [6.07, 6.45) is 1.54. The molecule has 0 aliphatic carbocycles. The molecule has 0 saturated carbocycles. The fraction of sp³-hybridized carbons (Fsp3) is 0.333. The lowest BCUT2D eigenvalue weighted by molar-refractivity contribution is 0.0789. The van der Waals surface area contributed by atoms with Crippen LogP contribution in [-0.4, -0.2) is 34.8 Å². The van der Waals surface area contributed by atoms with Crippen LogP contribution in [0.5, 0.6) is 0 Å². The van der Waals surface area contributed by atoms with Crippen LogP contribution >= 0.6 is 11.3 Å². The summed E-state index contributed by atoms with van der Waals surface area (Å²) >= 11 is 1.22. The second kappa shape index (κ2) is 5.46. The largest absolute Gasteiger partial charge is 0.375 e. The van der Waals surface area contributed by atoms with Crippen LogP contribution in [-0.2, 0) is 19.6 Å². The number of nitrogen functional groups attached to an aromatic ring is 1. The third kappa shape index (κ3) is 2.91. The van der Waals surface area contributed by atoms with Crippen LogP contribution in [0.3, 0.4) is 0 Å². The maximum atomic E-state index is 12.3. The zero-order valence-electron chi connectivity index (χ0n) is 12.2. The van der Waals surface area contributed by atoms with Crippen LogP contribution in [0.15, 0.2) is 24.4 Å². The van der Waals surface area contributed by atoms with Crippen molar-refractivity contribution in [3.05, 3.63) is 46.0 Å². The Labute approximate surface area is 128 Å². The summed E-state index contributed by atoms with van der Waals surface area (Å²) in [6, 6.07) is 6.46. The molecule has 1 aromatic carbocycles. The van der Waals surface area contributed by atoms with E-state index in [1.165, 1.54) is 28.7 Å². The Balaban J connectivity index is 1.72. The predicted molar refractivity (Wildman–Crippen MR) is 83.9 cm³/mol. The first-order valence-electron chi connectivity index (χ1n) is 6.79. The Morgan fingerprint density at radius 2 is 2.19 bits per heavy atom. The number of hydrogen-bond donors (Lipinski definition) is 1. The summed E-state index contributed by atoms with van der Waals surface area (Å²) in [4.78, 5) is 20.8. The number of aromatic nitrogens is 1. The number of thiazole rings is 1. The van der Waals surface area contributed by atoms with Crippen molar-refractivity contribution in [1.82, 2.24) is 14.8 Å². The predicted octanol–water partition coefficient (Wildman–Crippen LogP) is 1.94. The van der Waals surface area contributed by atoms with Gasteiger partial charge in [0.05, 0.1) is 6.20 Å². The van der Waals surface area contributed by atoms with E-state index in [0.29, 0.717) is 16.6 Å². The van der Waals surface area contributed by atoms with E-state index >= 15 is 0 Å². The van der Waals surface area contributed by atoms with Gasteiger partial charge in [-0.3, -0.25) is 9.69 Å². The van der Waals surface area contributed by atoms with E-state index in [0.717, 1.165) is 18.7 Å². The van der Waals surface area contributed by atoms with Crippen LogP contribution in [0.2, 0.25) is 0 Å². The Kier molecular flexibility index (Phi) is 3.65. The second-order valence-electron chi connectivity index (χ2n) is 5.50. The van der Waals surface area contributed by atoms with Crippen molar-refractivity contribution >= 4 is 22.4 Å². The van der Waals surface area contributed by atoms with Crippen molar-refractivity contribution in [2.24, 2.45) is 0 Å². The third-order valence-corrected chi connectivity index (χ3v) is 4.47. The van der Waals surface area contributed by atoms with E-state index in [1.54, 1.807) is 11.9 Å². The summed E-state index contributed by atoms with van der Waals surface area (Å²) in [5, 5.41) is 0.423. The maximum absolute atomic E-state index is 12.3. The molecule has 2 aromatic rings. The van der Waals surface area contributed by atoms with Gasteiger partial charge in [-0.1, -0.05) is 29.5 Å². The minimum Gasteiger partial charge on any atom is -0.375 e. The highest BCUT2D eigenvalue weighted by atomic mass is 32.1. The van der Waals surface area contributed by atoms with Crippen molar-refractivity contribution in [1.29, 1.82) is 0 Å². The van der Waals surface area contributed by atoms with Gasteiger partial charge < -0.3 is 10.6 Å². The minimum absolute atomic E-state index is 0.0400. The summed E-state index contributed by atoms with van der Waals surface area (Å²) in [5.74, 6) is -0.0400. The maximum Gasteiger partial charge on any atom is 0.265 e. The normalized spacial score (nSPS) is 14.2. The van der Waals surface area contributed by atoms with Crippen LogP contribution in [0.1, 0.15) is 26.4 Å². The van der Waals surface area contributed by atoms with E-state index < -0.39 is 0 Å². The van der Waals surface area contributed by atoms with Crippen LogP contribution < -0.4 is 5.73 Å². The lowest BCUT2D eigenvalue weighted by Gasteiger charge is -2.16. The number of benzene rings is 1. The van der Waals surface area contributed by atoms with Gasteiger partial charge in [-0.15, -0.1) is 0 Å². The molecule has 1 aliphatic rings. The molecule has 0 bridgehead atoms. The number of fused-ring (bicyclic) bond motifs is 1. The highest BCUT2D eigenvalue weighted by molar-refractivity contribution is 7.17. The molecule has 0 atom stereocenters. The molecule has 3 rings (SSSR count). The van der Waals surface area contributed by atoms with Gasteiger partial charge in [0.25, 0.3) is 5.91 Å². The lowest BCUT2D eigenvalue weighted by atomic mass is 10.1. The van der Waals surface area contributed by atoms with E-state index in [4.69, 9.17) is 5.73 Å². The second-order valence-corrected chi connectivity index (χ2v) is 6.56. The molecular weight excluding hydrogens is 284 g/mol. The first kappa shape index (κ1) is 14.0. The summed E-state index contributed by atoms with van der Waals surface area (Å²) in [7, 11) is 3.92. The van der Waals surface area contributed by atoms with E-state index in [-0.39, 0.29) is 5.91 Å². The number of carbonyl (C=O) groups is 1. The number of carbonyl (C=O) groups excluding carboxylic acids is 1. The fourth-order valence-electron chi connectivity index (χ4n) is 2.64. The van der Waals surface area contributed by atoms with Gasteiger partial charge in [-0.2, -0.15) is 0 Å². The topological polar surface area (TPSA) is 62.5 Å². The molecule has 0 spiro atoms. The average molecular weight is 302 g/mol. The fourth-order valence-corrected chi connectivity index (χ4v) is 3.32. The molecule has 5 nitrogen and oxygen atoms in total. The molecule has 0 radical (unpaired) electrons. The molecule has 0 saturated heterocycles. The smallest absolute Gasteiger partial charge is 0.265 e. The highest BCUT2D eigenvalue weighted by Crippen LogP contribution is 2.23. The summed E-state index contributed by atoms with van der Waals surface area (Å²) < 4.78 is 0. The average Bonchev–Trinajstić information content (AvgIpc) is 3.02. The molecule has 1 amide bonds. The van der Waals surface area contributed by atoms with Crippen molar-refractivity contribution in [2.75, 3.05) is 19.8 Å². The first-order chi connectivity index (χ1) is 10.0. The summed E-state index contributed by atoms with van der Waals surface area (Å²) in [5.41, 5.74) is 9.47. The zero-order chi connectivity index (χ0) is 15.0. The van der Waals surface area contributed by atoms with Gasteiger partial charge in [-0.05, 0) is 23.7 Å². The minimum atomic E-state index is -0.0400. The van der Waals surface area contributed by atoms with Gasteiger partial charge in [-0.25, -0.2) is 4.98 Å². The number of amides is 1. The molecular formula is C15H18N4OS. The quantitative estimate of drug-likeness (QED) is 0.941. The zero-order valence-corrected chi connectivity index (χ0v) is 13.0.